The Morgan fingerprint density at radius 1 is 1.03 bits per heavy atom. The molecule has 0 spiro atoms. The molecule has 0 radical (unpaired) electrons. The Bertz CT molecular complexity index is 978. The van der Waals surface area contributed by atoms with Gasteiger partial charge in [-0.15, -0.1) is 0 Å². The summed E-state index contributed by atoms with van der Waals surface area (Å²) in [7, 11) is -3.47. The van der Waals surface area contributed by atoms with Gasteiger partial charge in [-0.1, -0.05) is 31.2 Å². The van der Waals surface area contributed by atoms with Crippen LogP contribution in [0.25, 0.3) is 0 Å². The highest BCUT2D eigenvalue weighted by Crippen LogP contribution is 2.17. The van der Waals surface area contributed by atoms with E-state index in [0.29, 0.717) is 24.4 Å². The summed E-state index contributed by atoms with van der Waals surface area (Å²) in [6, 6.07) is 14.0. The van der Waals surface area contributed by atoms with E-state index < -0.39 is 10.0 Å². The molecule has 1 amide bonds. The SMILES string of the molecule is CCc1ccc(C(=O)N/N=C(/C)c2ccc(S(=O)(=O)N3CC[NH2+]CC3)cc2)cc1. The molecule has 1 aliphatic rings. The summed E-state index contributed by atoms with van der Waals surface area (Å²) in [6.45, 7) is 6.44. The topological polar surface area (TPSA) is 95.4 Å². The Kier molecular flexibility index (Phi) is 6.79. The Morgan fingerprint density at radius 3 is 2.21 bits per heavy atom. The van der Waals surface area contributed by atoms with E-state index in [4.69, 9.17) is 0 Å². The number of amides is 1. The molecule has 0 unspecified atom stereocenters. The van der Waals surface area contributed by atoms with E-state index in [9.17, 15) is 13.2 Å². The number of sulfonamides is 1. The normalized spacial score (nSPS) is 15.9. The minimum absolute atomic E-state index is 0.274. The van der Waals surface area contributed by atoms with Gasteiger partial charge < -0.3 is 5.32 Å². The van der Waals surface area contributed by atoms with Crippen LogP contribution >= 0.6 is 0 Å². The number of carbonyl (C=O) groups is 1. The van der Waals surface area contributed by atoms with Crippen molar-refractivity contribution < 1.29 is 18.5 Å². The number of hydrogen-bond acceptors (Lipinski definition) is 4. The van der Waals surface area contributed by atoms with E-state index in [1.807, 2.05) is 12.1 Å². The predicted octanol–water partition coefficient (Wildman–Crippen LogP) is 0.971. The average Bonchev–Trinajstić information content (AvgIpc) is 2.78. The first-order chi connectivity index (χ1) is 13.9. The van der Waals surface area contributed by atoms with E-state index in [-0.39, 0.29) is 10.8 Å². The number of hydrogen-bond donors (Lipinski definition) is 2. The van der Waals surface area contributed by atoms with Crippen molar-refractivity contribution in [2.75, 3.05) is 26.2 Å². The van der Waals surface area contributed by atoms with Crippen molar-refractivity contribution >= 4 is 21.6 Å². The standard InChI is InChI=1S/C21H26N4O3S/c1-3-17-4-6-19(7-5-17)21(26)24-23-16(2)18-8-10-20(11-9-18)29(27,28)25-14-12-22-13-15-25/h4-11,22H,3,12-15H2,1-2H3,(H,24,26)/p+1/b23-16-. The van der Waals surface area contributed by atoms with Crippen molar-refractivity contribution in [2.24, 2.45) is 5.10 Å². The molecule has 0 aromatic heterocycles. The molecule has 0 bridgehead atoms. The highest BCUT2D eigenvalue weighted by atomic mass is 32.2. The Hall–Kier alpha value is -2.55. The number of nitrogens with zero attached hydrogens (tertiary/aromatic N) is 2. The van der Waals surface area contributed by atoms with Crippen molar-refractivity contribution in [3.8, 4) is 0 Å². The lowest BCUT2D eigenvalue weighted by molar-refractivity contribution is -0.661. The summed E-state index contributed by atoms with van der Waals surface area (Å²) in [4.78, 5) is 12.5. The highest BCUT2D eigenvalue weighted by molar-refractivity contribution is 7.89. The van der Waals surface area contributed by atoms with Crippen LogP contribution in [0.15, 0.2) is 58.5 Å². The van der Waals surface area contributed by atoms with Crippen LogP contribution in [0.1, 0.15) is 35.3 Å². The number of nitrogens with one attached hydrogen (secondary N) is 1. The minimum Gasteiger partial charge on any atom is -0.344 e. The van der Waals surface area contributed by atoms with Gasteiger partial charge in [-0.3, -0.25) is 4.79 Å². The maximum absolute atomic E-state index is 12.7. The number of nitrogens with two attached hydrogens (primary N) is 1. The van der Waals surface area contributed by atoms with E-state index in [1.54, 1.807) is 43.3 Å². The molecule has 8 heteroatoms. The molecule has 1 aliphatic heterocycles. The van der Waals surface area contributed by atoms with Crippen molar-refractivity contribution in [3.05, 3.63) is 65.2 Å². The van der Waals surface area contributed by atoms with Crippen LogP contribution < -0.4 is 10.7 Å². The zero-order valence-corrected chi connectivity index (χ0v) is 17.6. The molecule has 3 rings (SSSR count). The van der Waals surface area contributed by atoms with Crippen LogP contribution in [0.2, 0.25) is 0 Å². The molecule has 0 atom stereocenters. The molecule has 29 heavy (non-hydrogen) atoms. The number of quaternary nitrogens is 1. The predicted molar refractivity (Wildman–Crippen MR) is 112 cm³/mol. The van der Waals surface area contributed by atoms with E-state index >= 15 is 0 Å². The van der Waals surface area contributed by atoms with Crippen molar-refractivity contribution in [1.82, 2.24) is 9.73 Å². The van der Waals surface area contributed by atoms with Gasteiger partial charge in [0.05, 0.1) is 36.8 Å². The fourth-order valence-corrected chi connectivity index (χ4v) is 4.61. The molecule has 0 aliphatic carbocycles. The maximum atomic E-state index is 12.7. The summed E-state index contributed by atoms with van der Waals surface area (Å²) in [6.07, 6.45) is 0.918. The third-order valence-corrected chi connectivity index (χ3v) is 6.94. The summed E-state index contributed by atoms with van der Waals surface area (Å²) in [5.41, 5.74) is 5.60. The largest absolute Gasteiger partial charge is 0.344 e. The van der Waals surface area contributed by atoms with Crippen LogP contribution in [0.3, 0.4) is 0 Å². The molecular formula is C21H27N4O3S+. The monoisotopic (exact) mass is 415 g/mol. The van der Waals surface area contributed by atoms with Crippen LogP contribution in [-0.2, 0) is 16.4 Å². The molecule has 0 saturated carbocycles. The molecule has 1 saturated heterocycles. The fourth-order valence-electron chi connectivity index (χ4n) is 3.14. The Balaban J connectivity index is 1.67. The van der Waals surface area contributed by atoms with Crippen LogP contribution in [-0.4, -0.2) is 50.5 Å². The number of rotatable bonds is 6. The molecule has 7 nitrogen and oxygen atoms in total. The zero-order chi connectivity index (χ0) is 20.9. The van der Waals surface area contributed by atoms with Gasteiger partial charge in [0, 0.05) is 5.56 Å². The first-order valence-electron chi connectivity index (χ1n) is 9.77. The molecule has 154 valence electrons. The fraction of sp³-hybridized carbons (Fsp3) is 0.333. The summed E-state index contributed by atoms with van der Waals surface area (Å²) in [5, 5.41) is 6.26. The summed E-state index contributed by atoms with van der Waals surface area (Å²) >= 11 is 0. The van der Waals surface area contributed by atoms with E-state index in [1.165, 1.54) is 9.87 Å². The highest BCUT2D eigenvalue weighted by Gasteiger charge is 2.27. The number of hydrazone groups is 1. The lowest BCUT2D eigenvalue weighted by atomic mass is 10.1. The second kappa shape index (κ2) is 9.30. The zero-order valence-electron chi connectivity index (χ0n) is 16.8. The molecule has 2 aromatic rings. The van der Waals surface area contributed by atoms with Gasteiger partial charge in [-0.2, -0.15) is 9.41 Å². The van der Waals surface area contributed by atoms with Gasteiger partial charge in [-0.05, 0) is 48.7 Å². The van der Waals surface area contributed by atoms with Crippen LogP contribution in [0.5, 0.6) is 0 Å². The summed E-state index contributed by atoms with van der Waals surface area (Å²) in [5.74, 6) is -0.284. The van der Waals surface area contributed by atoms with Gasteiger partial charge in [0.1, 0.15) is 0 Å². The van der Waals surface area contributed by atoms with Crippen LogP contribution in [0, 0.1) is 0 Å². The van der Waals surface area contributed by atoms with Crippen LogP contribution in [0.4, 0.5) is 0 Å². The first kappa shape index (κ1) is 21.2. The number of carbonyl (C=O) groups excluding carboxylic acids is 1. The molecule has 3 N–H and O–H groups in total. The van der Waals surface area contributed by atoms with Gasteiger partial charge in [0.15, 0.2) is 0 Å². The van der Waals surface area contributed by atoms with Gasteiger partial charge in [0.2, 0.25) is 10.0 Å². The van der Waals surface area contributed by atoms with E-state index in [0.717, 1.165) is 25.1 Å². The Morgan fingerprint density at radius 2 is 1.62 bits per heavy atom. The summed E-state index contributed by atoms with van der Waals surface area (Å²) < 4.78 is 26.9. The van der Waals surface area contributed by atoms with Gasteiger partial charge in [0.25, 0.3) is 5.91 Å². The van der Waals surface area contributed by atoms with Crippen molar-refractivity contribution in [1.29, 1.82) is 0 Å². The third-order valence-electron chi connectivity index (χ3n) is 5.02. The minimum atomic E-state index is -3.47. The maximum Gasteiger partial charge on any atom is 0.271 e. The Labute approximate surface area is 171 Å². The van der Waals surface area contributed by atoms with E-state index in [2.05, 4.69) is 22.8 Å². The average molecular weight is 416 g/mol. The molecule has 1 fully saturated rings. The lowest BCUT2D eigenvalue weighted by Gasteiger charge is -2.24. The third kappa shape index (κ3) is 5.09. The number of benzene rings is 2. The first-order valence-corrected chi connectivity index (χ1v) is 11.2. The van der Waals surface area contributed by atoms with Crippen molar-refractivity contribution in [2.45, 2.75) is 25.2 Å². The molecule has 1 heterocycles. The smallest absolute Gasteiger partial charge is 0.271 e. The second-order valence-electron chi connectivity index (χ2n) is 6.98. The molecular weight excluding hydrogens is 388 g/mol. The van der Waals surface area contributed by atoms with Gasteiger partial charge >= 0.3 is 0 Å². The molecule has 2 aromatic carbocycles. The lowest BCUT2D eigenvalue weighted by Crippen LogP contribution is -2.89. The second-order valence-corrected chi connectivity index (χ2v) is 8.92. The number of aryl methyl sites for hydroxylation is 1. The van der Waals surface area contributed by atoms with Gasteiger partial charge in [-0.25, -0.2) is 13.8 Å². The number of piperazine rings is 1. The quantitative estimate of drug-likeness (QED) is 0.544. The van der Waals surface area contributed by atoms with Crippen molar-refractivity contribution in [3.63, 3.8) is 0 Å².